The number of nitriles is 1. The highest BCUT2D eigenvalue weighted by atomic mass is 32.2. The fourth-order valence-corrected chi connectivity index (χ4v) is 2.61. The van der Waals surface area contributed by atoms with Crippen molar-refractivity contribution < 1.29 is 18.1 Å². The van der Waals surface area contributed by atoms with Crippen LogP contribution >= 0.6 is 11.8 Å². The van der Waals surface area contributed by atoms with Crippen LogP contribution in [0.4, 0.5) is 18.9 Å². The Morgan fingerprint density at radius 3 is 2.50 bits per heavy atom. The van der Waals surface area contributed by atoms with E-state index in [0.717, 1.165) is 30.0 Å². The van der Waals surface area contributed by atoms with Crippen LogP contribution in [0.1, 0.15) is 11.1 Å². The van der Waals surface area contributed by atoms with Crippen LogP contribution in [-0.4, -0.2) is 4.92 Å². The molecule has 0 aromatic heterocycles. The molecule has 0 saturated carbocycles. The zero-order valence-electron chi connectivity index (χ0n) is 10.8. The molecule has 2 rings (SSSR count). The maximum absolute atomic E-state index is 12.7. The van der Waals surface area contributed by atoms with E-state index in [1.807, 2.05) is 6.07 Å². The van der Waals surface area contributed by atoms with E-state index in [1.54, 1.807) is 0 Å². The summed E-state index contributed by atoms with van der Waals surface area (Å²) in [7, 11) is 0. The van der Waals surface area contributed by atoms with E-state index in [4.69, 9.17) is 5.26 Å². The Kier molecular flexibility index (Phi) is 4.37. The first-order chi connectivity index (χ1) is 10.3. The number of nitro benzene ring substituents is 1. The molecule has 0 N–H and O–H groups in total. The molecular formula is C14H7F3N2O2S. The van der Waals surface area contributed by atoms with Crippen molar-refractivity contribution in [3.63, 3.8) is 0 Å². The third-order valence-electron chi connectivity index (χ3n) is 2.68. The molecule has 0 radical (unpaired) electrons. The van der Waals surface area contributed by atoms with Gasteiger partial charge in [0.25, 0.3) is 5.69 Å². The predicted octanol–water partition coefficient (Wildman–Crippen LogP) is 4.64. The minimum Gasteiger partial charge on any atom is -0.258 e. The van der Waals surface area contributed by atoms with E-state index in [0.29, 0.717) is 9.79 Å². The second-order valence-electron chi connectivity index (χ2n) is 4.18. The molecule has 0 fully saturated rings. The van der Waals surface area contributed by atoms with Gasteiger partial charge in [-0.1, -0.05) is 17.8 Å². The first kappa shape index (κ1) is 15.9. The molecule has 0 aliphatic rings. The number of nitrogens with zero attached hydrogens (tertiary/aromatic N) is 2. The molecule has 4 nitrogen and oxygen atoms in total. The Morgan fingerprint density at radius 2 is 1.91 bits per heavy atom. The first-order valence-corrected chi connectivity index (χ1v) is 6.66. The highest BCUT2D eigenvalue weighted by Crippen LogP contribution is 2.36. The third-order valence-corrected chi connectivity index (χ3v) is 3.75. The maximum atomic E-state index is 12.7. The second-order valence-corrected chi connectivity index (χ2v) is 5.29. The smallest absolute Gasteiger partial charge is 0.258 e. The minimum absolute atomic E-state index is 0.0385. The monoisotopic (exact) mass is 324 g/mol. The van der Waals surface area contributed by atoms with Crippen LogP contribution < -0.4 is 0 Å². The van der Waals surface area contributed by atoms with Crippen LogP contribution in [0.15, 0.2) is 52.3 Å². The van der Waals surface area contributed by atoms with Crippen LogP contribution in [0.25, 0.3) is 0 Å². The largest absolute Gasteiger partial charge is 0.416 e. The van der Waals surface area contributed by atoms with Gasteiger partial charge in [0.1, 0.15) is 6.07 Å². The van der Waals surface area contributed by atoms with Gasteiger partial charge in [0.15, 0.2) is 0 Å². The van der Waals surface area contributed by atoms with Gasteiger partial charge in [0.05, 0.1) is 16.1 Å². The number of hydrogen-bond donors (Lipinski definition) is 0. The van der Waals surface area contributed by atoms with Gasteiger partial charge in [0, 0.05) is 21.9 Å². The van der Waals surface area contributed by atoms with Gasteiger partial charge in [-0.3, -0.25) is 10.1 Å². The molecule has 0 atom stereocenters. The fraction of sp³-hybridized carbons (Fsp3) is 0.0714. The summed E-state index contributed by atoms with van der Waals surface area (Å²) in [5.74, 6) is 0. The van der Waals surface area contributed by atoms with Crippen LogP contribution in [0.5, 0.6) is 0 Å². The van der Waals surface area contributed by atoms with Crippen molar-refractivity contribution in [2.75, 3.05) is 0 Å². The van der Waals surface area contributed by atoms with E-state index in [2.05, 4.69) is 0 Å². The van der Waals surface area contributed by atoms with Gasteiger partial charge in [-0.2, -0.15) is 18.4 Å². The Labute approximate surface area is 127 Å². The SMILES string of the molecule is N#Cc1cc([N+](=O)[O-])ccc1Sc1cccc(C(F)(F)F)c1. The topological polar surface area (TPSA) is 66.9 Å². The van der Waals surface area contributed by atoms with Crippen LogP contribution in [-0.2, 0) is 6.18 Å². The van der Waals surface area contributed by atoms with Crippen molar-refractivity contribution in [1.82, 2.24) is 0 Å². The van der Waals surface area contributed by atoms with Gasteiger partial charge in [-0.15, -0.1) is 0 Å². The van der Waals surface area contributed by atoms with Gasteiger partial charge in [-0.25, -0.2) is 0 Å². The lowest BCUT2D eigenvalue weighted by atomic mass is 10.2. The molecule has 22 heavy (non-hydrogen) atoms. The van der Waals surface area contributed by atoms with E-state index >= 15 is 0 Å². The minimum atomic E-state index is -4.45. The van der Waals surface area contributed by atoms with Crippen LogP contribution in [0, 0.1) is 21.4 Å². The Bertz CT molecular complexity index is 769. The summed E-state index contributed by atoms with van der Waals surface area (Å²) in [5.41, 5.74) is -1.00. The van der Waals surface area contributed by atoms with E-state index in [1.165, 1.54) is 24.3 Å². The number of hydrogen-bond acceptors (Lipinski definition) is 4. The average Bonchev–Trinajstić information content (AvgIpc) is 2.47. The highest BCUT2D eigenvalue weighted by Gasteiger charge is 2.30. The van der Waals surface area contributed by atoms with E-state index in [-0.39, 0.29) is 11.3 Å². The zero-order chi connectivity index (χ0) is 16.3. The lowest BCUT2D eigenvalue weighted by Gasteiger charge is -2.09. The molecular weight excluding hydrogens is 317 g/mol. The van der Waals surface area contributed by atoms with Crippen molar-refractivity contribution in [3.8, 4) is 6.07 Å². The molecule has 0 aliphatic heterocycles. The van der Waals surface area contributed by atoms with Crippen molar-refractivity contribution in [1.29, 1.82) is 5.26 Å². The Morgan fingerprint density at radius 1 is 1.18 bits per heavy atom. The fourth-order valence-electron chi connectivity index (χ4n) is 1.67. The average molecular weight is 324 g/mol. The number of nitro groups is 1. The molecule has 0 spiro atoms. The number of non-ortho nitro benzene ring substituents is 1. The molecule has 0 saturated heterocycles. The zero-order valence-corrected chi connectivity index (χ0v) is 11.6. The molecule has 2 aromatic rings. The quantitative estimate of drug-likeness (QED) is 0.609. The molecule has 112 valence electrons. The summed E-state index contributed by atoms with van der Waals surface area (Å²) in [4.78, 5) is 10.7. The molecule has 0 aliphatic carbocycles. The van der Waals surface area contributed by atoms with Crippen molar-refractivity contribution in [3.05, 3.63) is 63.7 Å². The molecule has 0 amide bonds. The number of benzene rings is 2. The number of alkyl halides is 3. The van der Waals surface area contributed by atoms with Crippen molar-refractivity contribution in [2.45, 2.75) is 16.0 Å². The first-order valence-electron chi connectivity index (χ1n) is 5.85. The molecule has 0 bridgehead atoms. The van der Waals surface area contributed by atoms with Crippen LogP contribution in [0.2, 0.25) is 0 Å². The van der Waals surface area contributed by atoms with Crippen LogP contribution in [0.3, 0.4) is 0 Å². The molecule has 0 unspecified atom stereocenters. The number of rotatable bonds is 3. The van der Waals surface area contributed by atoms with E-state index in [9.17, 15) is 23.3 Å². The Balaban J connectivity index is 2.36. The van der Waals surface area contributed by atoms with Gasteiger partial charge in [0.2, 0.25) is 0 Å². The second kappa shape index (κ2) is 6.07. The standard InChI is InChI=1S/C14H7F3N2O2S/c15-14(16,17)10-2-1-3-12(7-10)22-13-5-4-11(19(20)21)6-9(13)8-18/h1-7H. The van der Waals surface area contributed by atoms with Gasteiger partial charge >= 0.3 is 6.18 Å². The third kappa shape index (κ3) is 3.56. The predicted molar refractivity (Wildman–Crippen MR) is 73.4 cm³/mol. The molecule has 0 heterocycles. The van der Waals surface area contributed by atoms with Crippen molar-refractivity contribution in [2.24, 2.45) is 0 Å². The molecule has 2 aromatic carbocycles. The Hall–Kier alpha value is -2.53. The summed E-state index contributed by atoms with van der Waals surface area (Å²) in [5, 5.41) is 19.7. The lowest BCUT2D eigenvalue weighted by molar-refractivity contribution is -0.384. The van der Waals surface area contributed by atoms with Crippen molar-refractivity contribution >= 4 is 17.4 Å². The maximum Gasteiger partial charge on any atom is 0.416 e. The summed E-state index contributed by atoms with van der Waals surface area (Å²) in [6.45, 7) is 0. The lowest BCUT2D eigenvalue weighted by Crippen LogP contribution is -2.04. The summed E-state index contributed by atoms with van der Waals surface area (Å²) in [6, 6.07) is 10.1. The molecule has 8 heteroatoms. The highest BCUT2D eigenvalue weighted by molar-refractivity contribution is 7.99. The van der Waals surface area contributed by atoms with Gasteiger partial charge in [-0.05, 0) is 24.3 Å². The summed E-state index contributed by atoms with van der Waals surface area (Å²) in [6.07, 6.45) is -4.45. The van der Waals surface area contributed by atoms with E-state index < -0.39 is 16.7 Å². The summed E-state index contributed by atoms with van der Waals surface area (Å²) < 4.78 is 38.0. The number of halogens is 3. The summed E-state index contributed by atoms with van der Waals surface area (Å²) >= 11 is 0.944. The normalized spacial score (nSPS) is 11.0. The van der Waals surface area contributed by atoms with Gasteiger partial charge < -0.3 is 0 Å².